The van der Waals surface area contributed by atoms with E-state index in [1.807, 2.05) is 6.07 Å². The van der Waals surface area contributed by atoms with Crippen LogP contribution in [-0.4, -0.2) is 16.6 Å². The standard InChI is InChI=1S/C16H12N2S/c19-16-17-14-8-4-3-7-13(14)15-12-6-2-1-5-11(12)9-10-18(15)16/h1-9H,10H2,(H,17,19). The van der Waals surface area contributed by atoms with Gasteiger partial charge in [0, 0.05) is 23.0 Å². The van der Waals surface area contributed by atoms with Crippen molar-refractivity contribution in [3.63, 3.8) is 0 Å². The fraction of sp³-hybridized carbons (Fsp3) is 0.0625. The largest absolute Gasteiger partial charge is 0.332 e. The van der Waals surface area contributed by atoms with Gasteiger partial charge < -0.3 is 10.2 Å². The molecule has 2 aromatic rings. The molecule has 2 aliphatic heterocycles. The Labute approximate surface area is 116 Å². The highest BCUT2D eigenvalue weighted by atomic mass is 32.1. The molecule has 2 nitrogen and oxygen atoms in total. The van der Waals surface area contributed by atoms with Gasteiger partial charge in [0.2, 0.25) is 0 Å². The minimum atomic E-state index is 0.777. The van der Waals surface area contributed by atoms with E-state index in [9.17, 15) is 0 Å². The summed E-state index contributed by atoms with van der Waals surface area (Å²) in [6, 6.07) is 16.8. The summed E-state index contributed by atoms with van der Waals surface area (Å²) in [5.74, 6) is 0. The first-order valence-corrected chi connectivity index (χ1v) is 6.73. The SMILES string of the molecule is S=C1Nc2ccccc2C2=c3ccccc3=CCN12. The summed E-state index contributed by atoms with van der Waals surface area (Å²) in [7, 11) is 0. The van der Waals surface area contributed by atoms with Crippen LogP contribution in [0.25, 0.3) is 11.8 Å². The molecule has 0 unspecified atom stereocenters. The van der Waals surface area contributed by atoms with Gasteiger partial charge in [0.25, 0.3) is 0 Å². The van der Waals surface area contributed by atoms with Crippen molar-refractivity contribution in [3.8, 4) is 0 Å². The van der Waals surface area contributed by atoms with E-state index in [1.54, 1.807) is 0 Å². The fourth-order valence-corrected chi connectivity index (χ4v) is 3.05. The molecule has 2 heterocycles. The average Bonchev–Trinajstić information content (AvgIpc) is 2.47. The van der Waals surface area contributed by atoms with Crippen molar-refractivity contribution in [1.29, 1.82) is 0 Å². The van der Waals surface area contributed by atoms with Gasteiger partial charge in [-0.25, -0.2) is 0 Å². The van der Waals surface area contributed by atoms with E-state index in [0.29, 0.717) is 0 Å². The van der Waals surface area contributed by atoms with Crippen LogP contribution in [0.1, 0.15) is 5.56 Å². The first-order valence-electron chi connectivity index (χ1n) is 6.32. The van der Waals surface area contributed by atoms with Gasteiger partial charge in [-0.3, -0.25) is 0 Å². The molecule has 0 saturated carbocycles. The molecule has 0 fully saturated rings. The van der Waals surface area contributed by atoms with Crippen molar-refractivity contribution < 1.29 is 0 Å². The monoisotopic (exact) mass is 264 g/mol. The summed E-state index contributed by atoms with van der Waals surface area (Å²) >= 11 is 5.48. The molecule has 1 N–H and O–H groups in total. The maximum atomic E-state index is 5.48. The second kappa shape index (κ2) is 3.93. The summed E-state index contributed by atoms with van der Waals surface area (Å²) < 4.78 is 0. The molecule has 0 aromatic heterocycles. The van der Waals surface area contributed by atoms with Gasteiger partial charge in [0.05, 0.1) is 5.70 Å². The third kappa shape index (κ3) is 1.52. The third-order valence-corrected chi connectivity index (χ3v) is 3.97. The van der Waals surface area contributed by atoms with Gasteiger partial charge in [-0.1, -0.05) is 48.5 Å². The highest BCUT2D eigenvalue weighted by molar-refractivity contribution is 7.80. The molecule has 2 aromatic carbocycles. The maximum Gasteiger partial charge on any atom is 0.178 e. The van der Waals surface area contributed by atoms with Crippen molar-refractivity contribution in [2.24, 2.45) is 0 Å². The minimum absolute atomic E-state index is 0.777. The summed E-state index contributed by atoms with van der Waals surface area (Å²) in [6.07, 6.45) is 2.22. The van der Waals surface area contributed by atoms with Crippen molar-refractivity contribution in [2.45, 2.75) is 0 Å². The summed E-state index contributed by atoms with van der Waals surface area (Å²) in [4.78, 5) is 2.17. The molecule has 0 saturated heterocycles. The Balaban J connectivity index is 2.17. The zero-order valence-corrected chi connectivity index (χ0v) is 11.1. The lowest BCUT2D eigenvalue weighted by Crippen LogP contribution is -2.47. The summed E-state index contributed by atoms with van der Waals surface area (Å²) in [5, 5.41) is 6.62. The molecule has 92 valence electrons. The number of rotatable bonds is 0. The van der Waals surface area contributed by atoms with Crippen LogP contribution >= 0.6 is 12.2 Å². The predicted octanol–water partition coefficient (Wildman–Crippen LogP) is 1.65. The topological polar surface area (TPSA) is 15.3 Å². The zero-order chi connectivity index (χ0) is 12.8. The number of hydrogen-bond acceptors (Lipinski definition) is 1. The number of hydrogen-bond donors (Lipinski definition) is 1. The molecule has 0 aliphatic carbocycles. The molecular weight excluding hydrogens is 252 g/mol. The average molecular weight is 264 g/mol. The number of anilines is 1. The van der Waals surface area contributed by atoms with Crippen molar-refractivity contribution in [2.75, 3.05) is 11.9 Å². The van der Waals surface area contributed by atoms with E-state index < -0.39 is 0 Å². The number of benzene rings is 2. The number of thiocarbonyl (C=S) groups is 1. The van der Waals surface area contributed by atoms with Gasteiger partial charge in [0.15, 0.2) is 5.11 Å². The lowest BCUT2D eigenvalue weighted by molar-refractivity contribution is 0.659. The smallest absolute Gasteiger partial charge is 0.178 e. The van der Waals surface area contributed by atoms with Gasteiger partial charge in [-0.05, 0) is 23.5 Å². The number of para-hydroxylation sites is 1. The molecule has 0 atom stereocenters. The fourth-order valence-electron chi connectivity index (χ4n) is 2.77. The maximum absolute atomic E-state index is 5.48. The van der Waals surface area contributed by atoms with Crippen LogP contribution in [0.4, 0.5) is 5.69 Å². The van der Waals surface area contributed by atoms with Crippen molar-refractivity contribution in [3.05, 3.63) is 64.5 Å². The molecule has 0 amide bonds. The molecular formula is C16H12N2S. The van der Waals surface area contributed by atoms with E-state index in [1.165, 1.54) is 21.7 Å². The Kier molecular flexibility index (Phi) is 2.23. The third-order valence-electron chi connectivity index (χ3n) is 3.65. The van der Waals surface area contributed by atoms with Crippen LogP contribution in [0.2, 0.25) is 0 Å². The number of nitrogens with zero attached hydrogens (tertiary/aromatic N) is 1. The molecule has 2 aliphatic rings. The number of fused-ring (bicyclic) bond motifs is 4. The lowest BCUT2D eigenvalue weighted by Gasteiger charge is -2.35. The van der Waals surface area contributed by atoms with Crippen LogP contribution < -0.4 is 15.8 Å². The van der Waals surface area contributed by atoms with Gasteiger partial charge >= 0.3 is 0 Å². The van der Waals surface area contributed by atoms with E-state index in [4.69, 9.17) is 12.2 Å². The predicted molar refractivity (Wildman–Crippen MR) is 82.0 cm³/mol. The molecule has 0 radical (unpaired) electrons. The Hall–Kier alpha value is -2.13. The van der Waals surface area contributed by atoms with E-state index in [0.717, 1.165) is 17.3 Å². The van der Waals surface area contributed by atoms with Crippen molar-refractivity contribution >= 4 is 34.8 Å². The van der Waals surface area contributed by atoms with Crippen LogP contribution in [0.3, 0.4) is 0 Å². The van der Waals surface area contributed by atoms with Crippen molar-refractivity contribution in [1.82, 2.24) is 4.90 Å². The highest BCUT2D eigenvalue weighted by Gasteiger charge is 2.26. The van der Waals surface area contributed by atoms with E-state index in [2.05, 4.69) is 58.8 Å². The molecule has 4 rings (SSSR count). The first-order chi connectivity index (χ1) is 9.34. The summed E-state index contributed by atoms with van der Waals surface area (Å²) in [5.41, 5.74) is 3.53. The van der Waals surface area contributed by atoms with Gasteiger partial charge in [0.1, 0.15) is 0 Å². The second-order valence-corrected chi connectivity index (χ2v) is 5.11. The van der Waals surface area contributed by atoms with E-state index in [-0.39, 0.29) is 0 Å². The highest BCUT2D eigenvalue weighted by Crippen LogP contribution is 2.30. The quantitative estimate of drug-likeness (QED) is 0.728. The van der Waals surface area contributed by atoms with Gasteiger partial charge in [-0.15, -0.1) is 0 Å². The Morgan fingerprint density at radius 3 is 2.74 bits per heavy atom. The molecule has 19 heavy (non-hydrogen) atoms. The second-order valence-electron chi connectivity index (χ2n) is 4.73. The number of nitrogens with one attached hydrogen (secondary N) is 1. The summed E-state index contributed by atoms with van der Waals surface area (Å²) in [6.45, 7) is 0.826. The van der Waals surface area contributed by atoms with Crippen LogP contribution in [0, 0.1) is 0 Å². The normalized spacial score (nSPS) is 15.9. The molecule has 3 heteroatoms. The Morgan fingerprint density at radius 1 is 1.00 bits per heavy atom. The van der Waals surface area contributed by atoms with E-state index >= 15 is 0 Å². The lowest BCUT2D eigenvalue weighted by atomic mass is 10.0. The van der Waals surface area contributed by atoms with Crippen LogP contribution in [0.15, 0.2) is 48.5 Å². The minimum Gasteiger partial charge on any atom is -0.332 e. The van der Waals surface area contributed by atoms with Gasteiger partial charge in [-0.2, -0.15) is 0 Å². The molecule has 0 bridgehead atoms. The van der Waals surface area contributed by atoms with Crippen LogP contribution in [0.5, 0.6) is 0 Å². The Bertz CT molecular complexity index is 807. The zero-order valence-electron chi connectivity index (χ0n) is 10.3. The van der Waals surface area contributed by atoms with Crippen LogP contribution in [-0.2, 0) is 0 Å². The Morgan fingerprint density at radius 2 is 1.79 bits per heavy atom. The molecule has 0 spiro atoms. The first kappa shape index (κ1) is 10.8.